The zero-order chi connectivity index (χ0) is 28.6. The number of rotatable bonds is 5. The quantitative estimate of drug-likeness (QED) is 0.342. The van der Waals surface area contributed by atoms with E-state index in [-0.39, 0.29) is 11.5 Å². The molecular formula is C38H58O2. The lowest BCUT2D eigenvalue weighted by molar-refractivity contribution is -0.227. The Labute approximate surface area is 246 Å². The average Bonchev–Trinajstić information content (AvgIpc) is 2.90. The predicted molar refractivity (Wildman–Crippen MR) is 166 cm³/mol. The van der Waals surface area contributed by atoms with Crippen LogP contribution in [0.3, 0.4) is 0 Å². The Balaban J connectivity index is 1.32. The van der Waals surface area contributed by atoms with Crippen molar-refractivity contribution in [1.82, 2.24) is 0 Å². The minimum absolute atomic E-state index is 0.0429. The number of ether oxygens (including phenoxy) is 2. The van der Waals surface area contributed by atoms with Crippen LogP contribution in [0.1, 0.15) is 118 Å². The lowest BCUT2D eigenvalue weighted by atomic mass is 9.33. The fraction of sp³-hybridized carbons (Fsp3) is 0.789. The van der Waals surface area contributed by atoms with E-state index in [4.69, 9.17) is 9.47 Å². The number of methoxy groups -OCH3 is 1. The second kappa shape index (κ2) is 9.70. The highest BCUT2D eigenvalue weighted by molar-refractivity contribution is 5.33. The van der Waals surface area contributed by atoms with Crippen LogP contribution in [-0.4, -0.2) is 19.8 Å². The summed E-state index contributed by atoms with van der Waals surface area (Å²) >= 11 is 0. The van der Waals surface area contributed by atoms with Gasteiger partial charge in [0.15, 0.2) is 0 Å². The highest BCUT2D eigenvalue weighted by Crippen LogP contribution is 2.75. The highest BCUT2D eigenvalue weighted by Gasteiger charge is 2.68. The van der Waals surface area contributed by atoms with Crippen molar-refractivity contribution in [2.75, 3.05) is 13.7 Å². The first kappa shape index (κ1) is 29.0. The van der Waals surface area contributed by atoms with E-state index in [1.54, 1.807) is 0 Å². The van der Waals surface area contributed by atoms with Crippen molar-refractivity contribution in [2.45, 2.75) is 125 Å². The molecular weight excluding hydrogens is 488 g/mol. The average molecular weight is 547 g/mol. The van der Waals surface area contributed by atoms with Gasteiger partial charge in [-0.3, -0.25) is 0 Å². The van der Waals surface area contributed by atoms with Gasteiger partial charge in [0.05, 0.1) is 19.3 Å². The first-order chi connectivity index (χ1) is 18.8. The summed E-state index contributed by atoms with van der Waals surface area (Å²) in [4.78, 5) is 0. The molecule has 2 nitrogen and oxygen atoms in total. The predicted octanol–water partition coefficient (Wildman–Crippen LogP) is 10.0. The zero-order valence-electron chi connectivity index (χ0n) is 27.1. The van der Waals surface area contributed by atoms with Gasteiger partial charge in [-0.2, -0.15) is 0 Å². The molecule has 1 aromatic carbocycles. The molecule has 1 aromatic rings. The molecule has 0 saturated heterocycles. The van der Waals surface area contributed by atoms with Crippen LogP contribution in [0.15, 0.2) is 42.0 Å². The van der Waals surface area contributed by atoms with Crippen LogP contribution in [0.25, 0.3) is 0 Å². The Morgan fingerprint density at radius 1 is 0.800 bits per heavy atom. The second-order valence-corrected chi connectivity index (χ2v) is 17.1. The van der Waals surface area contributed by atoms with Crippen LogP contribution in [0.5, 0.6) is 0 Å². The molecule has 40 heavy (non-hydrogen) atoms. The Morgan fingerprint density at radius 3 is 2.25 bits per heavy atom. The molecule has 5 aliphatic carbocycles. The lowest BCUT2D eigenvalue weighted by Crippen LogP contribution is -2.65. The summed E-state index contributed by atoms with van der Waals surface area (Å²) in [5.41, 5.74) is 5.22. The van der Waals surface area contributed by atoms with E-state index in [0.29, 0.717) is 39.6 Å². The van der Waals surface area contributed by atoms with Crippen molar-refractivity contribution in [1.29, 1.82) is 0 Å². The number of hydrogen-bond acceptors (Lipinski definition) is 2. The molecule has 0 amide bonds. The van der Waals surface area contributed by atoms with Gasteiger partial charge in [-0.1, -0.05) is 90.4 Å². The third-order valence-electron chi connectivity index (χ3n) is 14.6. The molecule has 9 atom stereocenters. The standard InChI is InChI=1S/C38H58O2/c1-33(2)20-21-34(3)22-23-37(6)28(29(34)24-33)14-15-31-35(4)18-17-32(40-25-27-12-10-9-11-13-27)36(5,26-39-8)30(35)16-19-38(31,37)7/h9-14,29-32H,15-26H2,1-8H3/t29-,30?,31-,32+,34-,35+,36+,37-,38-/m1/s1. The van der Waals surface area contributed by atoms with Gasteiger partial charge in [0.25, 0.3) is 0 Å². The first-order valence-corrected chi connectivity index (χ1v) is 16.7. The SMILES string of the molecule is COC[C@@]1(C)C2CC[C@]3(C)[C@H](CC=C4[C@H]5CC(C)(C)CC[C@]5(C)CC[C@]43C)[C@@]2(C)CC[C@@H]1OCc1ccccc1. The number of fused-ring (bicyclic) bond motifs is 7. The molecule has 0 radical (unpaired) electrons. The van der Waals surface area contributed by atoms with Crippen molar-refractivity contribution >= 4 is 0 Å². The maximum Gasteiger partial charge on any atom is 0.0720 e. The third-order valence-corrected chi connectivity index (χ3v) is 14.6. The van der Waals surface area contributed by atoms with Crippen molar-refractivity contribution < 1.29 is 9.47 Å². The molecule has 5 aliphatic rings. The Kier molecular flexibility index (Phi) is 7.03. The highest BCUT2D eigenvalue weighted by atomic mass is 16.5. The third kappa shape index (κ3) is 4.16. The van der Waals surface area contributed by atoms with Gasteiger partial charge in [0.2, 0.25) is 0 Å². The fourth-order valence-electron chi connectivity index (χ4n) is 11.9. The summed E-state index contributed by atoms with van der Waals surface area (Å²) < 4.78 is 12.8. The molecule has 222 valence electrons. The second-order valence-electron chi connectivity index (χ2n) is 17.1. The molecule has 2 heteroatoms. The van der Waals surface area contributed by atoms with Crippen LogP contribution in [0.2, 0.25) is 0 Å². The van der Waals surface area contributed by atoms with Crippen LogP contribution < -0.4 is 0 Å². The molecule has 0 N–H and O–H groups in total. The molecule has 0 bridgehead atoms. The summed E-state index contributed by atoms with van der Waals surface area (Å²) in [5.74, 6) is 2.15. The number of benzene rings is 1. The first-order valence-electron chi connectivity index (χ1n) is 16.7. The van der Waals surface area contributed by atoms with Crippen LogP contribution in [0, 0.1) is 50.2 Å². The van der Waals surface area contributed by atoms with Gasteiger partial charge in [0, 0.05) is 12.5 Å². The summed E-state index contributed by atoms with van der Waals surface area (Å²) in [6.07, 6.45) is 16.5. The maximum atomic E-state index is 6.80. The molecule has 0 aromatic heterocycles. The maximum absolute atomic E-state index is 6.80. The van der Waals surface area contributed by atoms with Gasteiger partial charge in [0.1, 0.15) is 0 Å². The normalized spacial score (nSPS) is 47.8. The molecule has 4 fully saturated rings. The molecule has 6 rings (SSSR count). The Hall–Kier alpha value is -1.12. The van der Waals surface area contributed by atoms with Gasteiger partial charge in [-0.25, -0.2) is 0 Å². The van der Waals surface area contributed by atoms with Crippen LogP contribution in [0.4, 0.5) is 0 Å². The molecule has 0 aliphatic heterocycles. The number of allylic oxidation sites excluding steroid dienone is 2. The van der Waals surface area contributed by atoms with Crippen molar-refractivity contribution in [3.63, 3.8) is 0 Å². The van der Waals surface area contributed by atoms with Crippen molar-refractivity contribution in [3.05, 3.63) is 47.5 Å². The summed E-state index contributed by atoms with van der Waals surface area (Å²) in [6, 6.07) is 10.7. The van der Waals surface area contributed by atoms with Gasteiger partial charge in [-0.05, 0) is 115 Å². The summed E-state index contributed by atoms with van der Waals surface area (Å²) in [6.45, 7) is 19.9. The van der Waals surface area contributed by atoms with Gasteiger partial charge < -0.3 is 9.47 Å². The van der Waals surface area contributed by atoms with E-state index in [9.17, 15) is 0 Å². The summed E-state index contributed by atoms with van der Waals surface area (Å²) in [5, 5.41) is 0. The van der Waals surface area contributed by atoms with E-state index in [1.165, 1.54) is 63.4 Å². The summed E-state index contributed by atoms with van der Waals surface area (Å²) in [7, 11) is 1.90. The van der Waals surface area contributed by atoms with E-state index in [2.05, 4.69) is 84.9 Å². The van der Waals surface area contributed by atoms with Crippen molar-refractivity contribution in [2.24, 2.45) is 50.2 Å². The van der Waals surface area contributed by atoms with E-state index in [1.807, 2.05) is 12.7 Å². The number of hydrogen-bond donors (Lipinski definition) is 0. The Morgan fingerprint density at radius 2 is 1.52 bits per heavy atom. The molecule has 1 unspecified atom stereocenters. The van der Waals surface area contributed by atoms with Crippen molar-refractivity contribution in [3.8, 4) is 0 Å². The van der Waals surface area contributed by atoms with Gasteiger partial charge >= 0.3 is 0 Å². The molecule has 0 spiro atoms. The molecule has 4 saturated carbocycles. The van der Waals surface area contributed by atoms with Crippen LogP contribution in [-0.2, 0) is 16.1 Å². The van der Waals surface area contributed by atoms with E-state index >= 15 is 0 Å². The zero-order valence-corrected chi connectivity index (χ0v) is 27.1. The van der Waals surface area contributed by atoms with E-state index in [0.717, 1.165) is 24.9 Å². The lowest BCUT2D eigenvalue weighted by Gasteiger charge is -2.71. The smallest absolute Gasteiger partial charge is 0.0720 e. The largest absolute Gasteiger partial charge is 0.384 e. The monoisotopic (exact) mass is 546 g/mol. The minimum atomic E-state index is 0.0429. The Bertz CT molecular complexity index is 1120. The van der Waals surface area contributed by atoms with Gasteiger partial charge in [-0.15, -0.1) is 0 Å². The fourth-order valence-corrected chi connectivity index (χ4v) is 11.9. The minimum Gasteiger partial charge on any atom is -0.384 e. The topological polar surface area (TPSA) is 18.5 Å². The van der Waals surface area contributed by atoms with Crippen LogP contribution >= 0.6 is 0 Å². The molecule has 0 heterocycles. The van der Waals surface area contributed by atoms with E-state index < -0.39 is 0 Å².